The number of hydrogen-bond acceptors (Lipinski definition) is 4. The maximum Gasteiger partial charge on any atom is 0.223 e. The van der Waals surface area contributed by atoms with E-state index in [1.165, 1.54) is 25.1 Å². The lowest BCUT2D eigenvalue weighted by Gasteiger charge is -2.28. The maximum atomic E-state index is 12.3. The van der Waals surface area contributed by atoms with Gasteiger partial charge in [-0.2, -0.15) is 0 Å². The lowest BCUT2D eigenvalue weighted by atomic mass is 10.1. The molecular weight excluding hydrogens is 312 g/mol. The molecule has 0 saturated carbocycles. The van der Waals surface area contributed by atoms with Crippen molar-refractivity contribution >= 4 is 5.91 Å². The summed E-state index contributed by atoms with van der Waals surface area (Å²) in [5, 5.41) is 3.30. The van der Waals surface area contributed by atoms with Crippen molar-refractivity contribution in [2.45, 2.75) is 19.4 Å². The molecule has 0 aliphatic carbocycles. The van der Waals surface area contributed by atoms with E-state index in [4.69, 9.17) is 0 Å². The van der Waals surface area contributed by atoms with Gasteiger partial charge in [0.1, 0.15) is 0 Å². The first-order valence-electron chi connectivity index (χ1n) is 9.64. The molecule has 1 atom stereocenters. The summed E-state index contributed by atoms with van der Waals surface area (Å²) in [4.78, 5) is 19.2. The highest BCUT2D eigenvalue weighted by Gasteiger charge is 2.24. The first-order valence-corrected chi connectivity index (χ1v) is 9.64. The van der Waals surface area contributed by atoms with Crippen LogP contribution in [0.4, 0.5) is 0 Å². The van der Waals surface area contributed by atoms with Crippen molar-refractivity contribution in [1.82, 2.24) is 20.0 Å². The summed E-state index contributed by atoms with van der Waals surface area (Å²) in [5.74, 6) is 1.04. The predicted molar refractivity (Wildman–Crippen MR) is 101 cm³/mol. The number of carbonyl (C=O) groups is 1. The Hall–Kier alpha value is -1.43. The molecule has 1 N–H and O–H groups in total. The van der Waals surface area contributed by atoms with Crippen LogP contribution in [0.2, 0.25) is 0 Å². The molecule has 0 radical (unpaired) electrons. The van der Waals surface area contributed by atoms with Crippen LogP contribution in [0.5, 0.6) is 0 Å². The normalized spacial score (nSPS) is 21.8. The molecule has 3 rings (SSSR count). The van der Waals surface area contributed by atoms with Crippen molar-refractivity contribution in [3.63, 3.8) is 0 Å². The van der Waals surface area contributed by atoms with Crippen molar-refractivity contribution in [3.8, 4) is 0 Å². The summed E-state index contributed by atoms with van der Waals surface area (Å²) in [7, 11) is 2.16. The molecule has 1 aromatic carbocycles. The van der Waals surface area contributed by atoms with Gasteiger partial charge in [0, 0.05) is 58.8 Å². The van der Waals surface area contributed by atoms with Gasteiger partial charge in [0.2, 0.25) is 5.91 Å². The fourth-order valence-corrected chi connectivity index (χ4v) is 3.94. The Morgan fingerprint density at radius 3 is 2.72 bits per heavy atom. The first kappa shape index (κ1) is 18.4. The summed E-state index contributed by atoms with van der Waals surface area (Å²) >= 11 is 0. The Kier molecular flexibility index (Phi) is 6.84. The molecule has 0 aromatic heterocycles. The lowest BCUT2D eigenvalue weighted by molar-refractivity contribution is -0.132. The standard InChI is InChI=1S/C20H32N4O/c1-22(11-8-20(25)24-13-9-21-10-14-24)15-19-7-12-23(17-19)16-18-5-3-2-4-6-18/h2-6,19,21H,7-17H2,1H3. The molecule has 5 nitrogen and oxygen atoms in total. The molecule has 2 fully saturated rings. The number of nitrogens with one attached hydrogen (secondary N) is 1. The van der Waals surface area contributed by atoms with E-state index in [1.54, 1.807) is 0 Å². The van der Waals surface area contributed by atoms with Gasteiger partial charge in [0.15, 0.2) is 0 Å². The van der Waals surface area contributed by atoms with Crippen LogP contribution in [0.25, 0.3) is 0 Å². The average Bonchev–Trinajstić information content (AvgIpc) is 3.08. The van der Waals surface area contributed by atoms with Crippen LogP contribution in [0.3, 0.4) is 0 Å². The van der Waals surface area contributed by atoms with Gasteiger partial charge in [-0.1, -0.05) is 30.3 Å². The Morgan fingerprint density at radius 2 is 1.96 bits per heavy atom. The molecule has 2 aliphatic rings. The topological polar surface area (TPSA) is 38.8 Å². The number of benzene rings is 1. The van der Waals surface area contributed by atoms with Crippen LogP contribution in [0, 0.1) is 5.92 Å². The van der Waals surface area contributed by atoms with Crippen LogP contribution < -0.4 is 5.32 Å². The van der Waals surface area contributed by atoms with Crippen LogP contribution in [0.1, 0.15) is 18.4 Å². The highest BCUT2D eigenvalue weighted by Crippen LogP contribution is 2.19. The highest BCUT2D eigenvalue weighted by atomic mass is 16.2. The van der Waals surface area contributed by atoms with Crippen LogP contribution in [-0.2, 0) is 11.3 Å². The number of amides is 1. The molecule has 2 saturated heterocycles. The summed E-state index contributed by atoms with van der Waals surface area (Å²) in [6, 6.07) is 10.7. The molecule has 1 aromatic rings. The Bertz CT molecular complexity index is 530. The zero-order chi connectivity index (χ0) is 17.5. The van der Waals surface area contributed by atoms with Crippen molar-refractivity contribution in [3.05, 3.63) is 35.9 Å². The van der Waals surface area contributed by atoms with E-state index in [9.17, 15) is 4.79 Å². The van der Waals surface area contributed by atoms with E-state index in [2.05, 4.69) is 52.5 Å². The van der Waals surface area contributed by atoms with Crippen molar-refractivity contribution in [2.24, 2.45) is 5.92 Å². The second-order valence-corrected chi connectivity index (χ2v) is 7.52. The largest absolute Gasteiger partial charge is 0.340 e. The fourth-order valence-electron chi connectivity index (χ4n) is 3.94. The van der Waals surface area contributed by atoms with Crippen molar-refractivity contribution in [2.75, 3.05) is 59.4 Å². The Labute approximate surface area is 152 Å². The SMILES string of the molecule is CN(CCC(=O)N1CCNCC1)CC1CCN(Cc2ccccc2)C1. The summed E-state index contributed by atoms with van der Waals surface area (Å²) in [6.07, 6.45) is 1.92. The Balaban J connectivity index is 1.34. The molecule has 25 heavy (non-hydrogen) atoms. The minimum Gasteiger partial charge on any atom is -0.340 e. The molecule has 1 unspecified atom stereocenters. The third-order valence-corrected chi connectivity index (χ3v) is 5.37. The zero-order valence-corrected chi connectivity index (χ0v) is 15.5. The van der Waals surface area contributed by atoms with Gasteiger partial charge in [-0.3, -0.25) is 9.69 Å². The molecule has 1 amide bonds. The number of nitrogens with zero attached hydrogens (tertiary/aromatic N) is 3. The summed E-state index contributed by atoms with van der Waals surface area (Å²) in [6.45, 7) is 8.97. The van der Waals surface area contributed by atoms with Gasteiger partial charge < -0.3 is 15.1 Å². The molecule has 2 aliphatic heterocycles. The molecule has 0 bridgehead atoms. The minimum atomic E-state index is 0.311. The quantitative estimate of drug-likeness (QED) is 0.808. The van der Waals surface area contributed by atoms with Crippen LogP contribution in [0.15, 0.2) is 30.3 Å². The number of rotatable bonds is 7. The van der Waals surface area contributed by atoms with E-state index >= 15 is 0 Å². The third-order valence-electron chi connectivity index (χ3n) is 5.37. The number of likely N-dealkylation sites (tertiary alicyclic amines) is 1. The molecule has 2 heterocycles. The Morgan fingerprint density at radius 1 is 1.20 bits per heavy atom. The fraction of sp³-hybridized carbons (Fsp3) is 0.650. The average molecular weight is 345 g/mol. The van der Waals surface area contributed by atoms with Gasteiger partial charge in [-0.25, -0.2) is 0 Å². The minimum absolute atomic E-state index is 0.311. The first-order chi connectivity index (χ1) is 12.2. The maximum absolute atomic E-state index is 12.3. The zero-order valence-electron chi connectivity index (χ0n) is 15.5. The van der Waals surface area contributed by atoms with E-state index in [-0.39, 0.29) is 0 Å². The third kappa shape index (κ3) is 5.80. The van der Waals surface area contributed by atoms with Gasteiger partial charge in [-0.15, -0.1) is 0 Å². The van der Waals surface area contributed by atoms with Gasteiger partial charge in [0.05, 0.1) is 0 Å². The number of piperazine rings is 1. The number of carbonyl (C=O) groups excluding carboxylic acids is 1. The van der Waals surface area contributed by atoms with Crippen molar-refractivity contribution in [1.29, 1.82) is 0 Å². The summed E-state index contributed by atoms with van der Waals surface area (Å²) in [5.41, 5.74) is 1.40. The van der Waals surface area contributed by atoms with Crippen molar-refractivity contribution < 1.29 is 4.79 Å². The molecule has 0 spiro atoms. The predicted octanol–water partition coefficient (Wildman–Crippen LogP) is 1.26. The number of hydrogen-bond donors (Lipinski definition) is 1. The second kappa shape index (κ2) is 9.32. The summed E-state index contributed by atoms with van der Waals surface area (Å²) < 4.78 is 0. The van der Waals surface area contributed by atoms with Gasteiger partial charge in [-0.05, 0) is 31.5 Å². The monoisotopic (exact) mass is 344 g/mol. The second-order valence-electron chi connectivity index (χ2n) is 7.52. The highest BCUT2D eigenvalue weighted by molar-refractivity contribution is 5.76. The molecule has 138 valence electrons. The molecule has 5 heteroatoms. The van der Waals surface area contributed by atoms with Crippen LogP contribution in [-0.4, -0.2) is 80.0 Å². The van der Waals surface area contributed by atoms with Gasteiger partial charge >= 0.3 is 0 Å². The van der Waals surface area contributed by atoms with Crippen LogP contribution >= 0.6 is 0 Å². The van der Waals surface area contributed by atoms with E-state index in [1.807, 2.05) is 4.90 Å². The van der Waals surface area contributed by atoms with Gasteiger partial charge in [0.25, 0.3) is 0 Å². The van der Waals surface area contributed by atoms with E-state index in [0.29, 0.717) is 12.3 Å². The van der Waals surface area contributed by atoms with E-state index < -0.39 is 0 Å². The smallest absolute Gasteiger partial charge is 0.223 e. The molecular formula is C20H32N4O. The van der Waals surface area contributed by atoms with E-state index in [0.717, 1.165) is 51.7 Å². The lowest BCUT2D eigenvalue weighted by Crippen LogP contribution is -2.47.